The highest BCUT2D eigenvalue weighted by molar-refractivity contribution is 9.10. The van der Waals surface area contributed by atoms with Gasteiger partial charge in [0.15, 0.2) is 4.34 Å². The molecule has 0 aliphatic carbocycles. The first kappa shape index (κ1) is 25.6. The number of benzene rings is 3. The molecule has 1 unspecified atom stereocenters. The summed E-state index contributed by atoms with van der Waals surface area (Å²) in [4.78, 5) is 27.7. The fraction of sp³-hybridized carbons (Fsp3) is 0.0769. The molecule has 11 heteroatoms. The number of rotatable bonds is 6. The third-order valence-electron chi connectivity index (χ3n) is 5.63. The Morgan fingerprint density at radius 2 is 1.70 bits per heavy atom. The summed E-state index contributed by atoms with van der Waals surface area (Å²) in [6, 6.07) is 18.6. The van der Waals surface area contributed by atoms with Gasteiger partial charge >= 0.3 is 5.91 Å². The molecular weight excluding hydrogens is 601 g/mol. The smallest absolute Gasteiger partial charge is 0.301 e. The first-order chi connectivity index (χ1) is 17.8. The summed E-state index contributed by atoms with van der Waals surface area (Å²) in [6.07, 6.45) is 0. The van der Waals surface area contributed by atoms with Gasteiger partial charge in [-0.05, 0) is 59.7 Å². The number of amides is 1. The van der Waals surface area contributed by atoms with Crippen molar-refractivity contribution in [2.24, 2.45) is 0 Å². The summed E-state index contributed by atoms with van der Waals surface area (Å²) >= 11 is 12.0. The normalized spacial score (nSPS) is 16.9. The number of carbonyl (C=O) groups excluding carboxylic acids is 2. The SMILES string of the molecule is O=C1C(=O)N(c2nnc(SCc3ccc(Cl)cc3)s2)C(c2ccc(Br)cc2)/C1=C(/O)c1ccc(F)cc1. The van der Waals surface area contributed by atoms with Crippen molar-refractivity contribution in [1.82, 2.24) is 10.2 Å². The number of halogens is 3. The lowest BCUT2D eigenvalue weighted by Crippen LogP contribution is -2.29. The number of anilines is 1. The van der Waals surface area contributed by atoms with Gasteiger partial charge in [0.05, 0.1) is 11.6 Å². The predicted octanol–water partition coefficient (Wildman–Crippen LogP) is 7.01. The zero-order valence-electron chi connectivity index (χ0n) is 18.8. The summed E-state index contributed by atoms with van der Waals surface area (Å²) in [5.74, 6) is -1.96. The van der Waals surface area contributed by atoms with Crippen molar-refractivity contribution < 1.29 is 19.1 Å². The van der Waals surface area contributed by atoms with Crippen LogP contribution in [0.5, 0.6) is 0 Å². The molecule has 1 aliphatic rings. The molecule has 3 aromatic carbocycles. The van der Waals surface area contributed by atoms with Crippen molar-refractivity contribution in [2.45, 2.75) is 16.1 Å². The Balaban J connectivity index is 1.53. The van der Waals surface area contributed by atoms with Crippen LogP contribution in [0.3, 0.4) is 0 Å². The number of ketones is 1. The Kier molecular flexibility index (Phi) is 7.43. The van der Waals surface area contributed by atoms with Crippen LogP contribution < -0.4 is 4.90 Å². The molecule has 1 atom stereocenters. The van der Waals surface area contributed by atoms with Crippen LogP contribution in [0.15, 0.2) is 87.2 Å². The summed E-state index contributed by atoms with van der Waals surface area (Å²) in [6.45, 7) is 0. The second-order valence-electron chi connectivity index (χ2n) is 7.99. The maximum absolute atomic E-state index is 13.5. The zero-order valence-corrected chi connectivity index (χ0v) is 22.7. The molecule has 1 fully saturated rings. The molecule has 0 saturated carbocycles. The van der Waals surface area contributed by atoms with Crippen molar-refractivity contribution >= 4 is 73.2 Å². The van der Waals surface area contributed by atoms with Gasteiger partial charge in [0.1, 0.15) is 11.6 Å². The fourth-order valence-corrected chi connectivity index (χ4v) is 6.05. The topological polar surface area (TPSA) is 83.4 Å². The first-order valence-corrected chi connectivity index (χ1v) is 13.8. The van der Waals surface area contributed by atoms with Gasteiger partial charge < -0.3 is 5.11 Å². The quantitative estimate of drug-likeness (QED) is 0.0825. The molecular formula is C26H16BrClFN3O3S2. The van der Waals surface area contributed by atoms with Gasteiger partial charge in [-0.1, -0.05) is 74.9 Å². The molecule has 2 heterocycles. The van der Waals surface area contributed by atoms with E-state index in [1.807, 2.05) is 24.3 Å². The van der Waals surface area contributed by atoms with E-state index in [0.29, 0.717) is 20.7 Å². The number of Topliss-reactive ketones (excluding diaryl/α,β-unsaturated/α-hetero) is 1. The van der Waals surface area contributed by atoms with Crippen LogP contribution in [-0.2, 0) is 15.3 Å². The molecule has 1 amide bonds. The Labute approximate surface area is 232 Å². The predicted molar refractivity (Wildman–Crippen MR) is 146 cm³/mol. The largest absolute Gasteiger partial charge is 0.507 e. The van der Waals surface area contributed by atoms with E-state index in [1.54, 1.807) is 24.3 Å². The lowest BCUT2D eigenvalue weighted by molar-refractivity contribution is -0.132. The molecule has 6 nitrogen and oxygen atoms in total. The molecule has 1 saturated heterocycles. The maximum Gasteiger partial charge on any atom is 0.301 e. The summed E-state index contributed by atoms with van der Waals surface area (Å²) in [5, 5.41) is 20.4. The molecule has 186 valence electrons. The van der Waals surface area contributed by atoms with Crippen molar-refractivity contribution in [3.8, 4) is 0 Å². The highest BCUT2D eigenvalue weighted by Gasteiger charge is 2.48. The van der Waals surface area contributed by atoms with Gasteiger partial charge in [0.2, 0.25) is 5.13 Å². The molecule has 1 aromatic heterocycles. The lowest BCUT2D eigenvalue weighted by Gasteiger charge is -2.22. The summed E-state index contributed by atoms with van der Waals surface area (Å²) in [7, 11) is 0. The van der Waals surface area contributed by atoms with Crippen LogP contribution in [0.2, 0.25) is 5.02 Å². The minimum Gasteiger partial charge on any atom is -0.507 e. The van der Waals surface area contributed by atoms with E-state index in [0.717, 1.165) is 10.0 Å². The highest BCUT2D eigenvalue weighted by atomic mass is 79.9. The summed E-state index contributed by atoms with van der Waals surface area (Å²) in [5.41, 5.74) is 1.75. The van der Waals surface area contributed by atoms with Gasteiger partial charge in [0.25, 0.3) is 5.78 Å². The van der Waals surface area contributed by atoms with E-state index < -0.39 is 29.3 Å². The standard InChI is InChI=1S/C26H16BrClFN3O3S2/c27-17-7-3-15(4-8-17)21-20(22(33)16-5-11-19(29)12-6-16)23(34)24(35)32(21)25-30-31-26(37-25)36-13-14-1-9-18(28)10-2-14/h1-12,21,33H,13H2/b22-20-. The molecule has 4 aromatic rings. The number of aliphatic hydroxyl groups excluding tert-OH is 1. The maximum atomic E-state index is 13.5. The van der Waals surface area contributed by atoms with Crippen molar-refractivity contribution in [3.63, 3.8) is 0 Å². The lowest BCUT2D eigenvalue weighted by atomic mass is 9.95. The highest BCUT2D eigenvalue weighted by Crippen LogP contribution is 2.44. The number of thioether (sulfide) groups is 1. The van der Waals surface area contributed by atoms with Gasteiger partial charge in [0, 0.05) is 20.8 Å². The van der Waals surface area contributed by atoms with E-state index in [1.165, 1.54) is 52.3 Å². The van der Waals surface area contributed by atoms with Crippen LogP contribution in [-0.4, -0.2) is 27.0 Å². The van der Waals surface area contributed by atoms with Crippen LogP contribution in [0.25, 0.3) is 5.76 Å². The van der Waals surface area contributed by atoms with Gasteiger partial charge in [-0.3, -0.25) is 14.5 Å². The zero-order chi connectivity index (χ0) is 26.1. The van der Waals surface area contributed by atoms with Crippen LogP contribution in [0, 0.1) is 5.82 Å². The van der Waals surface area contributed by atoms with Gasteiger partial charge in [-0.25, -0.2) is 4.39 Å². The molecule has 1 N–H and O–H groups in total. The number of aromatic nitrogens is 2. The Morgan fingerprint density at radius 1 is 1.03 bits per heavy atom. The molecule has 37 heavy (non-hydrogen) atoms. The Bertz CT molecular complexity index is 1510. The molecule has 1 aliphatic heterocycles. The second-order valence-corrected chi connectivity index (χ2v) is 11.5. The number of hydrogen-bond donors (Lipinski definition) is 1. The average molecular weight is 617 g/mol. The fourth-order valence-electron chi connectivity index (χ4n) is 3.84. The second kappa shape index (κ2) is 10.7. The molecule has 0 radical (unpaired) electrons. The van der Waals surface area contributed by atoms with E-state index in [2.05, 4.69) is 26.1 Å². The number of carbonyl (C=O) groups is 2. The van der Waals surface area contributed by atoms with E-state index in [4.69, 9.17) is 11.6 Å². The monoisotopic (exact) mass is 615 g/mol. The summed E-state index contributed by atoms with van der Waals surface area (Å²) < 4.78 is 14.9. The van der Waals surface area contributed by atoms with E-state index in [9.17, 15) is 19.1 Å². The van der Waals surface area contributed by atoms with Gasteiger partial charge in [-0.2, -0.15) is 0 Å². The Hall–Kier alpha value is -3.05. The number of nitrogens with zero attached hydrogens (tertiary/aromatic N) is 3. The van der Waals surface area contributed by atoms with Gasteiger partial charge in [-0.15, -0.1) is 10.2 Å². The number of aliphatic hydroxyl groups is 1. The average Bonchev–Trinajstić information content (AvgIpc) is 3.46. The third-order valence-corrected chi connectivity index (χ3v) is 8.53. The Morgan fingerprint density at radius 3 is 2.38 bits per heavy atom. The molecule has 0 bridgehead atoms. The van der Waals surface area contributed by atoms with Crippen molar-refractivity contribution in [2.75, 3.05) is 4.90 Å². The molecule has 0 spiro atoms. The van der Waals surface area contributed by atoms with Crippen LogP contribution in [0.1, 0.15) is 22.7 Å². The minimum absolute atomic E-state index is 0.107. The van der Waals surface area contributed by atoms with Crippen LogP contribution in [0.4, 0.5) is 9.52 Å². The van der Waals surface area contributed by atoms with E-state index >= 15 is 0 Å². The van der Waals surface area contributed by atoms with Crippen LogP contribution >= 0.6 is 50.6 Å². The molecule has 5 rings (SSSR count). The van der Waals surface area contributed by atoms with Crippen molar-refractivity contribution in [3.05, 3.63) is 110 Å². The minimum atomic E-state index is -0.944. The third kappa shape index (κ3) is 5.33. The van der Waals surface area contributed by atoms with Crippen molar-refractivity contribution in [1.29, 1.82) is 0 Å². The van der Waals surface area contributed by atoms with E-state index in [-0.39, 0.29) is 16.3 Å². The first-order valence-electron chi connectivity index (χ1n) is 10.8. The number of hydrogen-bond acceptors (Lipinski definition) is 7.